The van der Waals surface area contributed by atoms with Crippen LogP contribution in [0.15, 0.2) is 0 Å². The zero-order valence-corrected chi connectivity index (χ0v) is 54.4. The van der Waals surface area contributed by atoms with E-state index in [1.165, 1.54) is 6.92 Å². The smallest absolute Gasteiger partial charge is 0.326 e. The van der Waals surface area contributed by atoms with Gasteiger partial charge in [0.15, 0.2) is 18.9 Å². The van der Waals surface area contributed by atoms with Crippen LogP contribution >= 0.6 is 0 Å². The van der Waals surface area contributed by atoms with E-state index in [0.29, 0.717) is 19.3 Å². The molecule has 0 bridgehead atoms. The second kappa shape index (κ2) is 52.4. The molecule has 38 heteroatoms. The number of aliphatic hydroxyl groups excluding tert-OH is 8. The van der Waals surface area contributed by atoms with Crippen molar-refractivity contribution in [3.8, 4) is 0 Å². The summed E-state index contributed by atoms with van der Waals surface area (Å²) in [4.78, 5) is 86.4. The van der Waals surface area contributed by atoms with Crippen molar-refractivity contribution in [2.45, 2.75) is 150 Å². The fourth-order valence-corrected chi connectivity index (χ4v) is 9.35. The molecular formula is C58H104N6O32. The topological polar surface area (TPSA) is 535 Å². The van der Waals surface area contributed by atoms with E-state index in [4.69, 9.17) is 81.5 Å². The SMILES string of the molecule is CC(=O)N[C@H]1[C@H](OCCOCCOCCOCC(=O)NCCCC[C@H](NC(=O)[C@H](CCCCNC(=O)COCCOCCOCCO[C@H]2C[C@@H](OCC(N)=O)[C@@H](O)[C@@H](CO)O2)NC(=O)COCCOCCOCCO[C@H]2C[C@@H](O)[C@@H](O)[C@@H](CO)O2)C(=O)O)O[C@H](CO)[C@H](O)[C@@H]1O. The molecule has 0 aliphatic carbocycles. The molecule has 16 N–H and O–H groups in total. The molecule has 3 aliphatic rings. The number of carboxylic acids is 1. The van der Waals surface area contributed by atoms with E-state index in [1.807, 2.05) is 0 Å². The summed E-state index contributed by atoms with van der Waals surface area (Å²) >= 11 is 0. The van der Waals surface area contributed by atoms with Crippen LogP contribution in [0.2, 0.25) is 0 Å². The van der Waals surface area contributed by atoms with Crippen LogP contribution in [0.25, 0.3) is 0 Å². The Morgan fingerprint density at radius 1 is 0.458 bits per heavy atom. The molecule has 6 amide bonds. The molecule has 38 nitrogen and oxygen atoms in total. The van der Waals surface area contributed by atoms with Crippen molar-refractivity contribution < 1.29 is 155 Å². The highest BCUT2D eigenvalue weighted by molar-refractivity contribution is 5.90. The fraction of sp³-hybridized carbons (Fsp3) is 0.879. The first-order valence-electron chi connectivity index (χ1n) is 32.0. The molecule has 3 heterocycles. The number of hydrogen-bond donors (Lipinski definition) is 15. The Bertz CT molecular complexity index is 2140. The van der Waals surface area contributed by atoms with Crippen molar-refractivity contribution in [2.75, 3.05) is 178 Å². The van der Waals surface area contributed by atoms with Crippen LogP contribution in [0.4, 0.5) is 0 Å². The van der Waals surface area contributed by atoms with Gasteiger partial charge in [0.25, 0.3) is 0 Å². The van der Waals surface area contributed by atoms with Gasteiger partial charge in [-0.25, -0.2) is 4.79 Å². The molecule has 15 atom stereocenters. The maximum Gasteiger partial charge on any atom is 0.326 e. The van der Waals surface area contributed by atoms with Crippen LogP contribution in [-0.4, -0.2) is 358 Å². The Labute approximate surface area is 556 Å². The van der Waals surface area contributed by atoms with Gasteiger partial charge in [0.05, 0.1) is 151 Å². The van der Waals surface area contributed by atoms with Gasteiger partial charge in [-0.15, -0.1) is 0 Å². The average molecular weight is 1400 g/mol. The van der Waals surface area contributed by atoms with Gasteiger partial charge < -0.3 is 154 Å². The maximum absolute atomic E-state index is 13.6. The van der Waals surface area contributed by atoms with Gasteiger partial charge in [-0.1, -0.05) is 0 Å². The lowest BCUT2D eigenvalue weighted by Gasteiger charge is -2.42. The van der Waals surface area contributed by atoms with Crippen molar-refractivity contribution >= 4 is 41.4 Å². The molecule has 558 valence electrons. The standard InChI is InChI=1S/C58H104N6O32/c1-37(68)62-51-55(77)54(76)44(32-67)96-58(51)92-27-24-86-15-12-82-17-20-88-35-47(72)61-9-5-3-7-39(57(79)80)64-56(78)38(63-48(73)36-89-21-18-83-11-13-84-22-25-90-49-28-40(69)52(74)42(30-65)94-49)6-2-4-8-60-46(71)34-87-19-16-81-10-14-85-23-26-91-50-29-41(93-33-45(59)70)53(75)43(31-66)95-50/h38-44,49-55,58,65-67,69,74-77H,2-36H2,1H3,(H2,59,70)(H,60,71)(H,61,72)(H,62,68)(H,63,73)(H,64,78)(H,79,80)/t38-,39-,40+,41+,42+,43+,44+,49+,50+,51+,52+,53+,54-,55+,58+/m0/s1. The van der Waals surface area contributed by atoms with E-state index < -0.39 is 166 Å². The molecule has 0 aromatic carbocycles. The number of nitrogens with one attached hydrogen (secondary N) is 5. The van der Waals surface area contributed by atoms with Crippen molar-refractivity contribution in [2.24, 2.45) is 5.73 Å². The minimum Gasteiger partial charge on any atom is -0.480 e. The molecule has 0 radical (unpaired) electrons. The molecular weight excluding hydrogens is 1290 g/mol. The van der Waals surface area contributed by atoms with Crippen LogP contribution < -0.4 is 32.3 Å². The first-order chi connectivity index (χ1) is 46.3. The molecule has 3 rings (SSSR count). The average Bonchev–Trinajstić information content (AvgIpc) is 0.879. The summed E-state index contributed by atoms with van der Waals surface area (Å²) in [6.07, 6.45) is -11.6. The Kier molecular flexibility index (Phi) is 46.7. The van der Waals surface area contributed by atoms with Crippen molar-refractivity contribution in [1.82, 2.24) is 26.6 Å². The largest absolute Gasteiger partial charge is 0.480 e. The number of nitrogens with two attached hydrogens (primary N) is 1. The summed E-state index contributed by atoms with van der Waals surface area (Å²) < 4.78 is 87.4. The Hall–Kier alpha value is -4.67. The molecule has 96 heavy (non-hydrogen) atoms. The number of unbranched alkanes of at least 4 members (excludes halogenated alkanes) is 2. The third-order valence-corrected chi connectivity index (χ3v) is 14.4. The number of carbonyl (C=O) groups is 7. The highest BCUT2D eigenvalue weighted by atomic mass is 16.7. The predicted octanol–water partition coefficient (Wildman–Crippen LogP) is -8.08. The second-order valence-corrected chi connectivity index (χ2v) is 22.0. The molecule has 0 spiro atoms. The minimum absolute atomic E-state index is 0.00245. The number of aliphatic carboxylic acids is 1. The number of ether oxygens (including phenoxy) is 16. The molecule has 3 saturated heterocycles. The third-order valence-electron chi connectivity index (χ3n) is 14.4. The number of carbonyl (C=O) groups excluding carboxylic acids is 6. The van der Waals surface area contributed by atoms with E-state index >= 15 is 0 Å². The molecule has 3 fully saturated rings. The van der Waals surface area contributed by atoms with Crippen molar-refractivity contribution in [3.63, 3.8) is 0 Å². The van der Waals surface area contributed by atoms with E-state index in [0.717, 1.165) is 0 Å². The van der Waals surface area contributed by atoms with Gasteiger partial charge >= 0.3 is 5.97 Å². The minimum atomic E-state index is -1.44. The summed E-state index contributed by atoms with van der Waals surface area (Å²) in [5.74, 6) is -4.80. The summed E-state index contributed by atoms with van der Waals surface area (Å²) in [6, 6.07) is -3.62. The van der Waals surface area contributed by atoms with Gasteiger partial charge in [0.1, 0.15) is 87.3 Å². The lowest BCUT2D eigenvalue weighted by atomic mass is 9.97. The van der Waals surface area contributed by atoms with Crippen LogP contribution in [0.3, 0.4) is 0 Å². The lowest BCUT2D eigenvalue weighted by Crippen LogP contribution is -2.64. The molecule has 0 aromatic heterocycles. The van der Waals surface area contributed by atoms with E-state index in [2.05, 4.69) is 26.6 Å². The normalized spacial score (nSPS) is 24.9. The number of hydrogen-bond acceptors (Lipinski definition) is 31. The van der Waals surface area contributed by atoms with E-state index in [9.17, 15) is 79.5 Å². The van der Waals surface area contributed by atoms with Gasteiger partial charge in [0.2, 0.25) is 35.4 Å². The Morgan fingerprint density at radius 2 is 0.875 bits per heavy atom. The summed E-state index contributed by atoms with van der Waals surface area (Å²) in [7, 11) is 0. The summed E-state index contributed by atoms with van der Waals surface area (Å²) in [5, 5.41) is 102. The number of amides is 6. The van der Waals surface area contributed by atoms with Crippen LogP contribution in [0, 0.1) is 0 Å². The summed E-state index contributed by atoms with van der Waals surface area (Å²) in [5.41, 5.74) is 5.12. The van der Waals surface area contributed by atoms with Gasteiger partial charge in [-0.3, -0.25) is 28.8 Å². The Balaban J connectivity index is 1.30. The monoisotopic (exact) mass is 1400 g/mol. The van der Waals surface area contributed by atoms with Crippen molar-refractivity contribution in [1.29, 1.82) is 0 Å². The predicted molar refractivity (Wildman–Crippen MR) is 323 cm³/mol. The van der Waals surface area contributed by atoms with E-state index in [-0.39, 0.29) is 177 Å². The fourth-order valence-electron chi connectivity index (χ4n) is 9.35. The quantitative estimate of drug-likeness (QED) is 0.0252. The molecule has 0 unspecified atom stereocenters. The van der Waals surface area contributed by atoms with Crippen LogP contribution in [0.1, 0.15) is 58.3 Å². The second-order valence-electron chi connectivity index (χ2n) is 22.0. The first kappa shape index (κ1) is 85.6. The third kappa shape index (κ3) is 37.5. The number of aliphatic hydroxyl groups is 8. The molecule has 3 aliphatic heterocycles. The molecule has 0 saturated carbocycles. The summed E-state index contributed by atoms with van der Waals surface area (Å²) in [6.45, 7) is 0.959. The van der Waals surface area contributed by atoms with Gasteiger partial charge in [-0.2, -0.15) is 0 Å². The first-order valence-corrected chi connectivity index (χ1v) is 32.0. The zero-order chi connectivity index (χ0) is 70.3. The Morgan fingerprint density at radius 3 is 1.33 bits per heavy atom. The zero-order valence-electron chi connectivity index (χ0n) is 54.4. The van der Waals surface area contributed by atoms with Crippen LogP contribution in [-0.2, 0) is 109 Å². The van der Waals surface area contributed by atoms with E-state index in [1.54, 1.807) is 0 Å². The highest BCUT2D eigenvalue weighted by Crippen LogP contribution is 2.25. The molecule has 0 aromatic rings. The van der Waals surface area contributed by atoms with Gasteiger partial charge in [0, 0.05) is 32.9 Å². The van der Waals surface area contributed by atoms with Crippen molar-refractivity contribution in [3.05, 3.63) is 0 Å². The number of primary amides is 1. The highest BCUT2D eigenvalue weighted by Gasteiger charge is 2.45. The maximum atomic E-state index is 13.6. The lowest BCUT2D eigenvalue weighted by molar-refractivity contribution is -0.272. The van der Waals surface area contributed by atoms with Crippen LogP contribution in [0.5, 0.6) is 0 Å². The van der Waals surface area contributed by atoms with Gasteiger partial charge in [-0.05, 0) is 38.5 Å². The number of rotatable bonds is 57. The number of carboxylic acid groups (broad SMARTS) is 1.